The molecule has 1 aromatic carbocycles. The summed E-state index contributed by atoms with van der Waals surface area (Å²) in [7, 11) is 3.70. The van der Waals surface area contributed by atoms with E-state index < -0.39 is 0 Å². The van der Waals surface area contributed by atoms with E-state index in [-0.39, 0.29) is 0 Å². The van der Waals surface area contributed by atoms with E-state index in [1.54, 1.807) is 7.11 Å². The molecule has 1 fully saturated rings. The maximum Gasteiger partial charge on any atom is 0.137 e. The Morgan fingerprint density at radius 1 is 1.43 bits per heavy atom. The first-order chi connectivity index (χ1) is 10.2. The fraction of sp³-hybridized carbons (Fsp3) is 0.647. The molecule has 0 saturated carbocycles. The minimum Gasteiger partial charge on any atom is -0.495 e. The molecule has 2 unspecified atom stereocenters. The van der Waals surface area contributed by atoms with Crippen LogP contribution >= 0.6 is 11.6 Å². The lowest BCUT2D eigenvalue weighted by atomic mass is 9.84. The number of rotatable bonds is 6. The van der Waals surface area contributed by atoms with E-state index in [1.165, 1.54) is 31.4 Å². The van der Waals surface area contributed by atoms with Gasteiger partial charge in [0.05, 0.1) is 12.1 Å². The summed E-state index contributed by atoms with van der Waals surface area (Å²) in [5.74, 6) is 1.39. The van der Waals surface area contributed by atoms with Gasteiger partial charge in [0.2, 0.25) is 0 Å². The van der Waals surface area contributed by atoms with Gasteiger partial charge in [-0.1, -0.05) is 24.6 Å². The van der Waals surface area contributed by atoms with Gasteiger partial charge in [0, 0.05) is 6.04 Å². The molecular formula is C17H27ClN2O. The van der Waals surface area contributed by atoms with Crippen LogP contribution in [0.4, 0.5) is 0 Å². The topological polar surface area (TPSA) is 24.5 Å². The van der Waals surface area contributed by atoms with Gasteiger partial charge >= 0.3 is 0 Å². The molecule has 21 heavy (non-hydrogen) atoms. The molecule has 0 spiro atoms. The summed E-state index contributed by atoms with van der Waals surface area (Å²) < 4.78 is 5.28. The van der Waals surface area contributed by atoms with Gasteiger partial charge < -0.3 is 10.1 Å². The second-order valence-corrected chi connectivity index (χ2v) is 6.24. The van der Waals surface area contributed by atoms with Crippen LogP contribution in [0, 0.1) is 5.92 Å². The molecule has 1 saturated heterocycles. The number of likely N-dealkylation sites (tertiary alicyclic amines) is 1. The number of halogens is 1. The highest BCUT2D eigenvalue weighted by Gasteiger charge is 2.32. The molecule has 0 radical (unpaired) electrons. The zero-order valence-electron chi connectivity index (χ0n) is 13.4. The normalized spacial score (nSPS) is 23.2. The van der Waals surface area contributed by atoms with Gasteiger partial charge in [0.15, 0.2) is 0 Å². The third-order valence-corrected chi connectivity index (χ3v) is 4.65. The Morgan fingerprint density at radius 3 is 2.86 bits per heavy atom. The monoisotopic (exact) mass is 310 g/mol. The Hall–Kier alpha value is -0.770. The number of nitrogens with zero attached hydrogens (tertiary/aromatic N) is 1. The van der Waals surface area contributed by atoms with Crippen molar-refractivity contribution >= 4 is 11.6 Å². The lowest BCUT2D eigenvalue weighted by molar-refractivity contribution is 0.0924. The summed E-state index contributed by atoms with van der Waals surface area (Å²) in [5.41, 5.74) is 1.31. The van der Waals surface area contributed by atoms with Crippen LogP contribution < -0.4 is 10.1 Å². The van der Waals surface area contributed by atoms with Crippen molar-refractivity contribution in [3.8, 4) is 5.75 Å². The lowest BCUT2D eigenvalue weighted by Gasteiger charge is -2.42. The summed E-state index contributed by atoms with van der Waals surface area (Å²) in [6.07, 6.45) is 3.74. The van der Waals surface area contributed by atoms with Gasteiger partial charge in [-0.15, -0.1) is 0 Å². The summed E-state index contributed by atoms with van der Waals surface area (Å²) in [6.45, 7) is 5.63. The molecule has 2 rings (SSSR count). The van der Waals surface area contributed by atoms with Crippen LogP contribution in [0.2, 0.25) is 5.02 Å². The molecule has 0 bridgehead atoms. The predicted octanol–water partition coefficient (Wildman–Crippen LogP) is 3.73. The summed E-state index contributed by atoms with van der Waals surface area (Å²) in [5, 5.41) is 4.06. The number of nitrogens with one attached hydrogen (secondary N) is 1. The van der Waals surface area contributed by atoms with E-state index in [9.17, 15) is 0 Å². The van der Waals surface area contributed by atoms with Gasteiger partial charge in [-0.3, -0.25) is 4.90 Å². The van der Waals surface area contributed by atoms with Crippen molar-refractivity contribution in [2.75, 3.05) is 33.8 Å². The maximum absolute atomic E-state index is 6.34. The van der Waals surface area contributed by atoms with Gasteiger partial charge in [0.1, 0.15) is 5.75 Å². The molecule has 1 heterocycles. The Balaban J connectivity index is 2.30. The Bertz CT molecular complexity index is 434. The van der Waals surface area contributed by atoms with Crippen molar-refractivity contribution in [2.24, 2.45) is 5.92 Å². The molecular weight excluding hydrogens is 284 g/mol. The maximum atomic E-state index is 6.34. The van der Waals surface area contributed by atoms with Crippen LogP contribution in [0.25, 0.3) is 0 Å². The van der Waals surface area contributed by atoms with Gasteiger partial charge in [-0.05, 0) is 69.6 Å². The van der Waals surface area contributed by atoms with E-state index in [0.717, 1.165) is 18.8 Å². The number of hydrogen-bond acceptors (Lipinski definition) is 3. The van der Waals surface area contributed by atoms with Crippen molar-refractivity contribution in [1.82, 2.24) is 10.2 Å². The molecule has 3 nitrogen and oxygen atoms in total. The van der Waals surface area contributed by atoms with Gasteiger partial charge in [-0.25, -0.2) is 0 Å². The van der Waals surface area contributed by atoms with E-state index in [4.69, 9.17) is 16.3 Å². The van der Waals surface area contributed by atoms with Crippen LogP contribution in [-0.4, -0.2) is 38.7 Å². The van der Waals surface area contributed by atoms with Crippen LogP contribution in [-0.2, 0) is 0 Å². The predicted molar refractivity (Wildman–Crippen MR) is 89.3 cm³/mol. The van der Waals surface area contributed by atoms with E-state index >= 15 is 0 Å². The van der Waals surface area contributed by atoms with Gasteiger partial charge in [-0.2, -0.15) is 0 Å². The zero-order valence-corrected chi connectivity index (χ0v) is 14.1. The Labute approximate surface area is 133 Å². The minimum absolute atomic E-state index is 0.453. The average Bonchev–Trinajstić information content (AvgIpc) is 2.48. The third-order valence-electron chi connectivity index (χ3n) is 4.35. The lowest BCUT2D eigenvalue weighted by Crippen LogP contribution is -2.42. The molecule has 0 aliphatic carbocycles. The standard InChI is InChI=1S/C17H27ClN2O/c1-4-9-20-10-5-6-14(12-19-2)17(20)13-7-8-16(21-3)15(18)11-13/h7-8,11,14,17,19H,4-6,9-10,12H2,1-3H3. The fourth-order valence-corrected chi connectivity index (χ4v) is 3.78. The quantitative estimate of drug-likeness (QED) is 0.866. The Morgan fingerprint density at radius 2 is 2.24 bits per heavy atom. The van der Waals surface area contributed by atoms with Crippen LogP contribution in [0.15, 0.2) is 18.2 Å². The highest BCUT2D eigenvalue weighted by Crippen LogP contribution is 2.38. The number of methoxy groups -OCH3 is 1. The highest BCUT2D eigenvalue weighted by molar-refractivity contribution is 6.32. The molecule has 118 valence electrons. The van der Waals surface area contributed by atoms with E-state index in [1.807, 2.05) is 13.1 Å². The van der Waals surface area contributed by atoms with E-state index in [2.05, 4.69) is 29.3 Å². The molecule has 1 N–H and O–H groups in total. The van der Waals surface area contributed by atoms with Crippen LogP contribution in [0.5, 0.6) is 5.75 Å². The molecule has 1 aromatic rings. The van der Waals surface area contributed by atoms with Gasteiger partial charge in [0.25, 0.3) is 0 Å². The summed E-state index contributed by atoms with van der Waals surface area (Å²) in [6, 6.07) is 6.70. The number of piperidine rings is 1. The highest BCUT2D eigenvalue weighted by atomic mass is 35.5. The largest absolute Gasteiger partial charge is 0.495 e. The van der Waals surface area contributed by atoms with Crippen LogP contribution in [0.3, 0.4) is 0 Å². The van der Waals surface area contributed by atoms with Crippen molar-refractivity contribution < 1.29 is 4.74 Å². The second-order valence-electron chi connectivity index (χ2n) is 5.83. The second kappa shape index (κ2) is 8.02. The van der Waals surface area contributed by atoms with Crippen LogP contribution in [0.1, 0.15) is 37.8 Å². The van der Waals surface area contributed by atoms with Crippen molar-refractivity contribution in [3.63, 3.8) is 0 Å². The summed E-state index contributed by atoms with van der Waals surface area (Å²) >= 11 is 6.34. The van der Waals surface area contributed by atoms with E-state index in [0.29, 0.717) is 17.0 Å². The molecule has 2 atom stereocenters. The molecule has 4 heteroatoms. The van der Waals surface area contributed by atoms with Crippen molar-refractivity contribution in [1.29, 1.82) is 0 Å². The molecule has 1 aliphatic heterocycles. The SMILES string of the molecule is CCCN1CCCC(CNC)C1c1ccc(OC)c(Cl)c1. The van der Waals surface area contributed by atoms with Crippen molar-refractivity contribution in [2.45, 2.75) is 32.2 Å². The third kappa shape index (κ3) is 3.91. The number of benzene rings is 1. The Kier molecular flexibility index (Phi) is 6.34. The molecule has 1 aliphatic rings. The molecule has 0 aromatic heterocycles. The zero-order chi connectivity index (χ0) is 15.2. The smallest absolute Gasteiger partial charge is 0.137 e. The first-order valence-corrected chi connectivity index (χ1v) is 8.31. The fourth-order valence-electron chi connectivity index (χ4n) is 3.52. The minimum atomic E-state index is 0.453. The average molecular weight is 311 g/mol. The number of ether oxygens (including phenoxy) is 1. The summed E-state index contributed by atoms with van der Waals surface area (Å²) in [4.78, 5) is 2.61. The first kappa shape index (κ1) is 16.6. The molecule has 0 amide bonds. The number of hydrogen-bond donors (Lipinski definition) is 1. The van der Waals surface area contributed by atoms with Crippen molar-refractivity contribution in [3.05, 3.63) is 28.8 Å². The first-order valence-electron chi connectivity index (χ1n) is 7.93.